The second-order valence-corrected chi connectivity index (χ2v) is 4.91. The lowest BCUT2D eigenvalue weighted by Gasteiger charge is -2.18. The molecule has 1 atom stereocenters. The maximum absolute atomic E-state index is 4.07. The van der Waals surface area contributed by atoms with Crippen LogP contribution >= 0.6 is 0 Å². The Morgan fingerprint density at radius 3 is 2.58 bits per heavy atom. The number of nitrogens with zero attached hydrogens (tertiary/aromatic N) is 1. The van der Waals surface area contributed by atoms with Crippen LogP contribution in [0.25, 0.3) is 0 Å². The van der Waals surface area contributed by atoms with E-state index in [0.29, 0.717) is 6.04 Å². The molecule has 2 aromatic rings. The average Bonchev–Trinajstić information content (AvgIpc) is 2.46. The molecule has 0 aliphatic heterocycles. The van der Waals surface area contributed by atoms with Gasteiger partial charge in [0.1, 0.15) is 0 Å². The summed E-state index contributed by atoms with van der Waals surface area (Å²) < 4.78 is 0. The van der Waals surface area contributed by atoms with Crippen molar-refractivity contribution in [3.8, 4) is 0 Å². The van der Waals surface area contributed by atoms with E-state index >= 15 is 0 Å². The fraction of sp³-hybridized carbons (Fsp3) is 0.353. The van der Waals surface area contributed by atoms with Crippen LogP contribution in [0.2, 0.25) is 0 Å². The third-order valence-electron chi connectivity index (χ3n) is 3.37. The van der Waals surface area contributed by atoms with Crippen LogP contribution in [0.15, 0.2) is 48.8 Å². The Labute approximate surface area is 115 Å². The Morgan fingerprint density at radius 1 is 1.11 bits per heavy atom. The van der Waals surface area contributed by atoms with Gasteiger partial charge in [-0.05, 0) is 55.1 Å². The number of rotatable bonds is 6. The van der Waals surface area contributed by atoms with Gasteiger partial charge in [0.15, 0.2) is 0 Å². The van der Waals surface area contributed by atoms with E-state index in [4.69, 9.17) is 0 Å². The van der Waals surface area contributed by atoms with E-state index in [9.17, 15) is 0 Å². The quantitative estimate of drug-likeness (QED) is 0.849. The number of hydrogen-bond donors (Lipinski definition) is 1. The minimum absolute atomic E-state index is 0.401. The summed E-state index contributed by atoms with van der Waals surface area (Å²) in [4.78, 5) is 4.07. The van der Waals surface area contributed by atoms with Gasteiger partial charge in [-0.3, -0.25) is 4.98 Å². The minimum Gasteiger partial charge on any atom is -0.310 e. The van der Waals surface area contributed by atoms with Gasteiger partial charge in [-0.15, -0.1) is 0 Å². The summed E-state index contributed by atoms with van der Waals surface area (Å²) in [6.45, 7) is 5.49. The molecule has 0 bridgehead atoms. The highest BCUT2D eigenvalue weighted by molar-refractivity contribution is 5.34. The molecule has 2 heteroatoms. The summed E-state index contributed by atoms with van der Waals surface area (Å²) in [5.74, 6) is 0. The largest absolute Gasteiger partial charge is 0.310 e. The molecule has 0 amide bonds. The highest BCUT2D eigenvalue weighted by Gasteiger charge is 2.09. The Kier molecular flexibility index (Phi) is 5.10. The van der Waals surface area contributed by atoms with Gasteiger partial charge in [0.25, 0.3) is 0 Å². The molecule has 100 valence electrons. The molecule has 0 aliphatic rings. The zero-order chi connectivity index (χ0) is 13.5. The second kappa shape index (κ2) is 7.05. The van der Waals surface area contributed by atoms with Crippen molar-refractivity contribution in [1.29, 1.82) is 0 Å². The molecule has 0 fully saturated rings. The monoisotopic (exact) mass is 254 g/mol. The molecule has 19 heavy (non-hydrogen) atoms. The van der Waals surface area contributed by atoms with E-state index in [1.54, 1.807) is 0 Å². The summed E-state index contributed by atoms with van der Waals surface area (Å²) in [7, 11) is 0. The first-order valence-electron chi connectivity index (χ1n) is 7.01. The van der Waals surface area contributed by atoms with Crippen LogP contribution < -0.4 is 5.32 Å². The maximum Gasteiger partial charge on any atom is 0.0294 e. The van der Waals surface area contributed by atoms with Gasteiger partial charge in [-0.25, -0.2) is 0 Å². The smallest absolute Gasteiger partial charge is 0.0294 e. The van der Waals surface area contributed by atoms with Crippen LogP contribution in [0, 0.1) is 0 Å². The minimum atomic E-state index is 0.401. The lowest BCUT2D eigenvalue weighted by atomic mass is 9.96. The lowest BCUT2D eigenvalue weighted by Crippen LogP contribution is -2.20. The highest BCUT2D eigenvalue weighted by Crippen LogP contribution is 2.20. The van der Waals surface area contributed by atoms with Crippen LogP contribution in [0.4, 0.5) is 0 Å². The zero-order valence-corrected chi connectivity index (χ0v) is 11.8. The SMILES string of the molecule is CCCNC(C)c1ccccc1Cc1ccncc1. The van der Waals surface area contributed by atoms with Crippen LogP contribution in [0.1, 0.15) is 43.0 Å². The molecule has 1 aromatic heterocycles. The maximum atomic E-state index is 4.07. The van der Waals surface area contributed by atoms with E-state index in [0.717, 1.165) is 19.4 Å². The summed E-state index contributed by atoms with van der Waals surface area (Å²) in [5.41, 5.74) is 4.10. The van der Waals surface area contributed by atoms with Gasteiger partial charge in [-0.1, -0.05) is 31.2 Å². The van der Waals surface area contributed by atoms with Crippen molar-refractivity contribution in [2.45, 2.75) is 32.7 Å². The van der Waals surface area contributed by atoms with Crippen molar-refractivity contribution in [3.05, 3.63) is 65.5 Å². The Hall–Kier alpha value is -1.67. The second-order valence-electron chi connectivity index (χ2n) is 4.91. The van der Waals surface area contributed by atoms with E-state index in [1.807, 2.05) is 12.4 Å². The van der Waals surface area contributed by atoms with Gasteiger partial charge in [0.2, 0.25) is 0 Å². The molecular weight excluding hydrogens is 232 g/mol. The molecule has 1 unspecified atom stereocenters. The Bertz CT molecular complexity index is 494. The molecule has 1 N–H and O–H groups in total. The average molecular weight is 254 g/mol. The summed E-state index contributed by atoms with van der Waals surface area (Å²) in [5, 5.41) is 3.56. The van der Waals surface area contributed by atoms with E-state index < -0.39 is 0 Å². The summed E-state index contributed by atoms with van der Waals surface area (Å²) in [6, 6.07) is 13.3. The van der Waals surface area contributed by atoms with Crippen molar-refractivity contribution in [2.75, 3.05) is 6.54 Å². The third kappa shape index (κ3) is 3.90. The van der Waals surface area contributed by atoms with Crippen LogP contribution in [-0.4, -0.2) is 11.5 Å². The zero-order valence-electron chi connectivity index (χ0n) is 11.8. The lowest BCUT2D eigenvalue weighted by molar-refractivity contribution is 0.567. The summed E-state index contributed by atoms with van der Waals surface area (Å²) in [6.07, 6.45) is 5.85. The Balaban J connectivity index is 2.16. The van der Waals surface area contributed by atoms with Gasteiger partial charge >= 0.3 is 0 Å². The molecule has 1 heterocycles. The fourth-order valence-corrected chi connectivity index (χ4v) is 2.31. The predicted octanol–water partition coefficient (Wildman–Crippen LogP) is 3.73. The van der Waals surface area contributed by atoms with Crippen molar-refractivity contribution in [2.24, 2.45) is 0 Å². The van der Waals surface area contributed by atoms with Crippen LogP contribution in [0.3, 0.4) is 0 Å². The Morgan fingerprint density at radius 2 is 1.84 bits per heavy atom. The van der Waals surface area contributed by atoms with Crippen molar-refractivity contribution in [3.63, 3.8) is 0 Å². The van der Waals surface area contributed by atoms with E-state index in [2.05, 4.69) is 60.5 Å². The van der Waals surface area contributed by atoms with Crippen LogP contribution in [-0.2, 0) is 6.42 Å². The molecule has 1 aromatic carbocycles. The summed E-state index contributed by atoms with van der Waals surface area (Å²) >= 11 is 0. The standard InChI is InChI=1S/C17H22N2/c1-3-10-19-14(2)17-7-5-4-6-16(17)13-15-8-11-18-12-9-15/h4-9,11-12,14,19H,3,10,13H2,1-2H3. The topological polar surface area (TPSA) is 24.9 Å². The van der Waals surface area contributed by atoms with Crippen molar-refractivity contribution >= 4 is 0 Å². The number of aromatic nitrogens is 1. The molecule has 0 saturated heterocycles. The molecule has 0 spiro atoms. The molecule has 0 radical (unpaired) electrons. The normalized spacial score (nSPS) is 12.3. The first-order chi connectivity index (χ1) is 9.31. The van der Waals surface area contributed by atoms with Gasteiger partial charge in [0.05, 0.1) is 0 Å². The number of benzene rings is 1. The third-order valence-corrected chi connectivity index (χ3v) is 3.37. The molecular formula is C17H22N2. The first-order valence-corrected chi connectivity index (χ1v) is 7.01. The van der Waals surface area contributed by atoms with Crippen LogP contribution in [0.5, 0.6) is 0 Å². The highest BCUT2D eigenvalue weighted by atomic mass is 14.9. The molecule has 2 nitrogen and oxygen atoms in total. The van der Waals surface area contributed by atoms with E-state index in [1.165, 1.54) is 16.7 Å². The molecule has 0 saturated carbocycles. The first kappa shape index (κ1) is 13.8. The fourth-order valence-electron chi connectivity index (χ4n) is 2.31. The number of pyridine rings is 1. The van der Waals surface area contributed by atoms with Crippen molar-refractivity contribution in [1.82, 2.24) is 10.3 Å². The molecule has 2 rings (SSSR count). The van der Waals surface area contributed by atoms with Gasteiger partial charge in [0, 0.05) is 18.4 Å². The van der Waals surface area contributed by atoms with E-state index in [-0.39, 0.29) is 0 Å². The number of hydrogen-bond acceptors (Lipinski definition) is 2. The van der Waals surface area contributed by atoms with Gasteiger partial charge < -0.3 is 5.32 Å². The van der Waals surface area contributed by atoms with Gasteiger partial charge in [-0.2, -0.15) is 0 Å². The number of nitrogens with one attached hydrogen (secondary N) is 1. The molecule has 0 aliphatic carbocycles. The van der Waals surface area contributed by atoms with Crippen molar-refractivity contribution < 1.29 is 0 Å². The predicted molar refractivity (Wildman–Crippen MR) is 80.2 cm³/mol.